The van der Waals surface area contributed by atoms with Crippen LogP contribution in [0.5, 0.6) is 0 Å². The zero-order chi connectivity index (χ0) is 18.5. The molecular formula is C20H18N4O2S. The van der Waals surface area contributed by atoms with Crippen molar-refractivity contribution >= 4 is 44.7 Å². The van der Waals surface area contributed by atoms with Crippen LogP contribution in [0.2, 0.25) is 0 Å². The smallest absolute Gasteiger partial charge is 0.231 e. The van der Waals surface area contributed by atoms with Crippen LogP contribution < -0.4 is 10.2 Å². The summed E-state index contributed by atoms with van der Waals surface area (Å²) in [6.45, 7) is 2.23. The summed E-state index contributed by atoms with van der Waals surface area (Å²) in [6.07, 6.45) is 2.32. The number of benzene rings is 2. The number of rotatable bonds is 3. The van der Waals surface area contributed by atoms with Crippen LogP contribution in [0.15, 0.2) is 30.3 Å². The molecule has 3 aromatic rings. The molecule has 0 saturated carbocycles. The predicted octanol–water partition coefficient (Wildman–Crippen LogP) is 3.09. The van der Waals surface area contributed by atoms with E-state index in [4.69, 9.17) is 0 Å². The van der Waals surface area contributed by atoms with Crippen molar-refractivity contribution in [2.45, 2.75) is 26.2 Å². The third-order valence-electron chi connectivity index (χ3n) is 5.40. The highest BCUT2D eigenvalue weighted by Crippen LogP contribution is 2.38. The maximum atomic E-state index is 12.7. The summed E-state index contributed by atoms with van der Waals surface area (Å²) in [5, 5.41) is 14.3. The third-order valence-corrected chi connectivity index (χ3v) is 6.15. The molecule has 136 valence electrons. The number of carbonyl (C=O) groups is 2. The molecule has 0 bridgehead atoms. The van der Waals surface area contributed by atoms with E-state index in [2.05, 4.69) is 39.8 Å². The Morgan fingerprint density at radius 1 is 1.19 bits per heavy atom. The summed E-state index contributed by atoms with van der Waals surface area (Å²) in [7, 11) is 0. The van der Waals surface area contributed by atoms with Gasteiger partial charge in [-0.1, -0.05) is 35.6 Å². The fourth-order valence-electron chi connectivity index (χ4n) is 4.14. The van der Waals surface area contributed by atoms with E-state index in [1.807, 2.05) is 13.0 Å². The molecule has 1 N–H and O–H groups in total. The molecule has 5 rings (SSSR count). The SMILES string of the molecule is Cc1nnc(NC(=O)C2CC(=O)N(c3ccc4c5c(cccc35)CC4)C2)s1. The first-order chi connectivity index (χ1) is 13.1. The lowest BCUT2D eigenvalue weighted by Crippen LogP contribution is -2.28. The Labute approximate surface area is 160 Å². The number of hydrogen-bond donors (Lipinski definition) is 1. The average Bonchev–Trinajstić information content (AvgIpc) is 3.36. The van der Waals surface area contributed by atoms with E-state index in [0.717, 1.165) is 28.9 Å². The van der Waals surface area contributed by atoms with Crippen LogP contribution in [-0.2, 0) is 22.4 Å². The molecule has 2 heterocycles. The summed E-state index contributed by atoms with van der Waals surface area (Å²) in [4.78, 5) is 27.0. The van der Waals surface area contributed by atoms with E-state index in [0.29, 0.717) is 11.7 Å². The van der Waals surface area contributed by atoms with Crippen molar-refractivity contribution < 1.29 is 9.59 Å². The fraction of sp³-hybridized carbons (Fsp3) is 0.300. The van der Waals surface area contributed by atoms with Crippen molar-refractivity contribution in [2.75, 3.05) is 16.8 Å². The van der Waals surface area contributed by atoms with Gasteiger partial charge >= 0.3 is 0 Å². The third kappa shape index (κ3) is 2.70. The van der Waals surface area contributed by atoms with Gasteiger partial charge in [0.15, 0.2) is 0 Å². The summed E-state index contributed by atoms with van der Waals surface area (Å²) in [5.41, 5.74) is 3.60. The number of carbonyl (C=O) groups excluding carboxylic acids is 2. The molecule has 2 aliphatic rings. The maximum Gasteiger partial charge on any atom is 0.231 e. The minimum atomic E-state index is -0.384. The zero-order valence-electron chi connectivity index (χ0n) is 14.9. The quantitative estimate of drug-likeness (QED) is 0.760. The summed E-state index contributed by atoms with van der Waals surface area (Å²) in [5.74, 6) is -0.569. The molecule has 7 heteroatoms. The molecule has 0 spiro atoms. The minimum absolute atomic E-state index is 0.0118. The predicted molar refractivity (Wildman–Crippen MR) is 105 cm³/mol. The van der Waals surface area contributed by atoms with Gasteiger partial charge in [0, 0.05) is 18.4 Å². The van der Waals surface area contributed by atoms with Crippen molar-refractivity contribution in [3.63, 3.8) is 0 Å². The van der Waals surface area contributed by atoms with E-state index >= 15 is 0 Å². The van der Waals surface area contributed by atoms with Crippen LogP contribution in [0.25, 0.3) is 10.8 Å². The average molecular weight is 378 g/mol. The van der Waals surface area contributed by atoms with Crippen LogP contribution in [0.4, 0.5) is 10.8 Å². The Morgan fingerprint density at radius 3 is 2.78 bits per heavy atom. The lowest BCUT2D eigenvalue weighted by Gasteiger charge is -2.19. The number of nitrogens with one attached hydrogen (secondary N) is 1. The standard InChI is InChI=1S/C20H18N4O2S/c1-11-22-23-20(27-11)21-19(26)14-9-17(25)24(10-14)16-8-7-13-6-5-12-3-2-4-15(16)18(12)13/h2-4,7-8,14H,5-6,9-10H2,1H3,(H,21,23,26). The molecule has 1 unspecified atom stereocenters. The Hall–Kier alpha value is -2.80. The lowest BCUT2D eigenvalue weighted by molar-refractivity contribution is -0.122. The molecule has 2 amide bonds. The zero-order valence-corrected chi connectivity index (χ0v) is 15.7. The molecule has 1 aliphatic heterocycles. The van der Waals surface area contributed by atoms with Crippen LogP contribution in [0, 0.1) is 12.8 Å². The number of amides is 2. The van der Waals surface area contributed by atoms with Gasteiger partial charge in [0.2, 0.25) is 16.9 Å². The number of aryl methyl sites for hydroxylation is 3. The fourth-order valence-corrected chi connectivity index (χ4v) is 4.73. The van der Waals surface area contributed by atoms with Gasteiger partial charge in [0.05, 0.1) is 11.6 Å². The van der Waals surface area contributed by atoms with E-state index < -0.39 is 0 Å². The molecule has 2 aromatic carbocycles. The van der Waals surface area contributed by atoms with Gasteiger partial charge in [-0.3, -0.25) is 9.59 Å². The molecule has 1 saturated heterocycles. The maximum absolute atomic E-state index is 12.7. The molecule has 0 radical (unpaired) electrons. The summed E-state index contributed by atoms with van der Waals surface area (Å²) < 4.78 is 0. The number of hydrogen-bond acceptors (Lipinski definition) is 5. The highest BCUT2D eigenvalue weighted by molar-refractivity contribution is 7.15. The van der Waals surface area contributed by atoms with Gasteiger partial charge in [-0.05, 0) is 42.3 Å². The van der Waals surface area contributed by atoms with Gasteiger partial charge in [-0.15, -0.1) is 10.2 Å². The molecule has 1 aromatic heterocycles. The summed E-state index contributed by atoms with van der Waals surface area (Å²) in [6, 6.07) is 10.4. The number of anilines is 2. The van der Waals surface area contributed by atoms with Crippen molar-refractivity contribution in [1.29, 1.82) is 0 Å². The number of aromatic nitrogens is 2. The van der Waals surface area contributed by atoms with Crippen LogP contribution >= 0.6 is 11.3 Å². The second kappa shape index (κ2) is 6.13. The number of nitrogens with zero attached hydrogens (tertiary/aromatic N) is 3. The normalized spacial score (nSPS) is 18.5. The molecule has 1 aliphatic carbocycles. The Morgan fingerprint density at radius 2 is 2.00 bits per heavy atom. The van der Waals surface area contributed by atoms with Crippen LogP contribution in [0.1, 0.15) is 22.6 Å². The van der Waals surface area contributed by atoms with E-state index in [9.17, 15) is 9.59 Å². The molecule has 1 atom stereocenters. The second-order valence-electron chi connectivity index (χ2n) is 7.10. The van der Waals surface area contributed by atoms with Crippen molar-refractivity contribution in [3.8, 4) is 0 Å². The first kappa shape index (κ1) is 16.4. The van der Waals surface area contributed by atoms with Crippen LogP contribution in [-0.4, -0.2) is 28.6 Å². The minimum Gasteiger partial charge on any atom is -0.311 e. The molecular weight excluding hydrogens is 360 g/mol. The van der Waals surface area contributed by atoms with E-state index in [-0.39, 0.29) is 24.2 Å². The Kier molecular flexibility index (Phi) is 3.72. The lowest BCUT2D eigenvalue weighted by atomic mass is 10.0. The monoisotopic (exact) mass is 378 g/mol. The topological polar surface area (TPSA) is 75.2 Å². The van der Waals surface area contributed by atoms with Gasteiger partial charge in [0.1, 0.15) is 5.01 Å². The largest absolute Gasteiger partial charge is 0.311 e. The van der Waals surface area contributed by atoms with Gasteiger partial charge in [0.25, 0.3) is 0 Å². The first-order valence-corrected chi connectivity index (χ1v) is 9.86. The molecule has 27 heavy (non-hydrogen) atoms. The van der Waals surface area contributed by atoms with Crippen molar-refractivity contribution in [3.05, 3.63) is 46.5 Å². The van der Waals surface area contributed by atoms with E-state index in [1.54, 1.807) is 4.90 Å². The highest BCUT2D eigenvalue weighted by atomic mass is 32.1. The van der Waals surface area contributed by atoms with Gasteiger partial charge in [-0.2, -0.15) is 0 Å². The Balaban J connectivity index is 1.43. The van der Waals surface area contributed by atoms with Crippen molar-refractivity contribution in [1.82, 2.24) is 10.2 Å². The van der Waals surface area contributed by atoms with Gasteiger partial charge < -0.3 is 10.2 Å². The van der Waals surface area contributed by atoms with Crippen molar-refractivity contribution in [2.24, 2.45) is 5.92 Å². The molecule has 1 fully saturated rings. The van der Waals surface area contributed by atoms with Crippen LogP contribution in [0.3, 0.4) is 0 Å². The second-order valence-corrected chi connectivity index (χ2v) is 8.29. The summed E-state index contributed by atoms with van der Waals surface area (Å²) >= 11 is 1.33. The highest BCUT2D eigenvalue weighted by Gasteiger charge is 2.36. The first-order valence-electron chi connectivity index (χ1n) is 9.05. The Bertz CT molecular complexity index is 1080. The van der Waals surface area contributed by atoms with Gasteiger partial charge in [-0.25, -0.2) is 0 Å². The molecule has 6 nitrogen and oxygen atoms in total. The van der Waals surface area contributed by atoms with E-state index in [1.165, 1.54) is 27.8 Å².